The van der Waals surface area contributed by atoms with Gasteiger partial charge in [0.25, 0.3) is 0 Å². The Morgan fingerprint density at radius 3 is 2.59 bits per heavy atom. The number of nitrogens with two attached hydrogens (primary N) is 1. The van der Waals surface area contributed by atoms with Crippen LogP contribution in [0, 0.1) is 6.92 Å². The van der Waals surface area contributed by atoms with Crippen LogP contribution >= 0.6 is 0 Å². The van der Waals surface area contributed by atoms with E-state index in [9.17, 15) is 0 Å². The van der Waals surface area contributed by atoms with Gasteiger partial charge in [0, 0.05) is 18.3 Å². The van der Waals surface area contributed by atoms with Crippen LogP contribution in [0.2, 0.25) is 0 Å². The van der Waals surface area contributed by atoms with Gasteiger partial charge in [0.2, 0.25) is 0 Å². The van der Waals surface area contributed by atoms with Crippen LogP contribution in [0.3, 0.4) is 0 Å². The minimum atomic E-state index is -0.0153. The van der Waals surface area contributed by atoms with Gasteiger partial charge in [-0.1, -0.05) is 36.4 Å². The summed E-state index contributed by atoms with van der Waals surface area (Å²) in [4.78, 5) is 4.37. The van der Waals surface area contributed by atoms with Crippen LogP contribution in [0.25, 0.3) is 0 Å². The molecule has 0 bridgehead atoms. The van der Waals surface area contributed by atoms with Crippen LogP contribution in [-0.2, 0) is 0 Å². The van der Waals surface area contributed by atoms with Gasteiger partial charge >= 0.3 is 0 Å². The molecular weight excluding hydrogens is 210 g/mol. The molecule has 0 aliphatic heterocycles. The van der Waals surface area contributed by atoms with Gasteiger partial charge in [0.15, 0.2) is 0 Å². The van der Waals surface area contributed by atoms with E-state index in [1.54, 1.807) is 0 Å². The Balaban J connectivity index is 1.95. The molecule has 0 radical (unpaired) electrons. The zero-order valence-electron chi connectivity index (χ0n) is 9.93. The number of rotatable bonds is 4. The number of anilines is 1. The number of aromatic nitrogens is 1. The molecule has 0 fully saturated rings. The highest BCUT2D eigenvalue weighted by Gasteiger charge is 2.04. The standard InChI is InChI=1S/C14H17N3/c1-11-6-5-9-14(17-11)16-10-13(15)12-7-3-2-4-8-12/h2-9,13H,10,15H2,1H3,(H,16,17). The summed E-state index contributed by atoms with van der Waals surface area (Å²) in [6.07, 6.45) is 0. The van der Waals surface area contributed by atoms with Crippen molar-refractivity contribution in [3.05, 3.63) is 59.8 Å². The number of aryl methyl sites for hydroxylation is 1. The van der Waals surface area contributed by atoms with Gasteiger partial charge in [0.05, 0.1) is 0 Å². The van der Waals surface area contributed by atoms with E-state index in [-0.39, 0.29) is 6.04 Å². The van der Waals surface area contributed by atoms with Gasteiger partial charge < -0.3 is 11.1 Å². The second-order valence-electron chi connectivity index (χ2n) is 4.06. The van der Waals surface area contributed by atoms with Gasteiger partial charge in [-0.15, -0.1) is 0 Å². The van der Waals surface area contributed by atoms with Crippen molar-refractivity contribution in [2.24, 2.45) is 5.73 Å². The Labute approximate surface area is 102 Å². The smallest absolute Gasteiger partial charge is 0.126 e. The summed E-state index contributed by atoms with van der Waals surface area (Å²) in [7, 11) is 0. The molecule has 0 saturated carbocycles. The topological polar surface area (TPSA) is 50.9 Å². The van der Waals surface area contributed by atoms with Crippen molar-refractivity contribution in [2.45, 2.75) is 13.0 Å². The van der Waals surface area contributed by atoms with Crippen molar-refractivity contribution in [2.75, 3.05) is 11.9 Å². The molecule has 88 valence electrons. The van der Waals surface area contributed by atoms with Crippen LogP contribution in [0.1, 0.15) is 17.3 Å². The van der Waals surface area contributed by atoms with Crippen molar-refractivity contribution < 1.29 is 0 Å². The molecule has 0 aliphatic carbocycles. The zero-order chi connectivity index (χ0) is 12.1. The molecule has 0 saturated heterocycles. The SMILES string of the molecule is Cc1cccc(NCC(N)c2ccccc2)n1. The first-order chi connectivity index (χ1) is 8.25. The minimum Gasteiger partial charge on any atom is -0.368 e. The van der Waals surface area contributed by atoms with Crippen molar-refractivity contribution in [1.29, 1.82) is 0 Å². The Morgan fingerprint density at radius 2 is 1.88 bits per heavy atom. The van der Waals surface area contributed by atoms with Gasteiger partial charge in [-0.25, -0.2) is 4.98 Å². The van der Waals surface area contributed by atoms with E-state index in [0.717, 1.165) is 17.1 Å². The van der Waals surface area contributed by atoms with Gasteiger partial charge in [-0.3, -0.25) is 0 Å². The lowest BCUT2D eigenvalue weighted by Gasteiger charge is -2.13. The molecule has 0 spiro atoms. The molecule has 3 heteroatoms. The molecule has 0 aliphatic rings. The van der Waals surface area contributed by atoms with Gasteiger partial charge in [-0.2, -0.15) is 0 Å². The highest BCUT2D eigenvalue weighted by Crippen LogP contribution is 2.11. The van der Waals surface area contributed by atoms with Crippen LogP contribution in [0.15, 0.2) is 48.5 Å². The molecule has 1 aromatic heterocycles. The lowest BCUT2D eigenvalue weighted by molar-refractivity contribution is 0.761. The third kappa shape index (κ3) is 3.29. The van der Waals surface area contributed by atoms with Crippen LogP contribution in [0.4, 0.5) is 5.82 Å². The van der Waals surface area contributed by atoms with E-state index < -0.39 is 0 Å². The highest BCUT2D eigenvalue weighted by atomic mass is 15.0. The number of hydrogen-bond acceptors (Lipinski definition) is 3. The van der Waals surface area contributed by atoms with Crippen LogP contribution in [-0.4, -0.2) is 11.5 Å². The van der Waals surface area contributed by atoms with Gasteiger partial charge in [0.1, 0.15) is 5.82 Å². The number of nitrogens with one attached hydrogen (secondary N) is 1. The van der Waals surface area contributed by atoms with E-state index in [1.807, 2.05) is 55.5 Å². The van der Waals surface area contributed by atoms with E-state index in [1.165, 1.54) is 0 Å². The highest BCUT2D eigenvalue weighted by molar-refractivity contribution is 5.36. The fraction of sp³-hybridized carbons (Fsp3) is 0.214. The predicted molar refractivity (Wildman–Crippen MR) is 70.8 cm³/mol. The maximum Gasteiger partial charge on any atom is 0.126 e. The summed E-state index contributed by atoms with van der Waals surface area (Å²) in [5.41, 5.74) is 8.23. The first-order valence-electron chi connectivity index (χ1n) is 5.74. The normalized spacial score (nSPS) is 12.1. The van der Waals surface area contributed by atoms with E-state index in [4.69, 9.17) is 5.73 Å². The Morgan fingerprint density at radius 1 is 1.12 bits per heavy atom. The fourth-order valence-electron chi connectivity index (χ4n) is 1.67. The molecule has 3 nitrogen and oxygen atoms in total. The molecular formula is C14H17N3. The number of hydrogen-bond donors (Lipinski definition) is 2. The molecule has 1 unspecified atom stereocenters. The fourth-order valence-corrected chi connectivity index (χ4v) is 1.67. The summed E-state index contributed by atoms with van der Waals surface area (Å²) in [6.45, 7) is 2.66. The number of nitrogens with zero attached hydrogens (tertiary/aromatic N) is 1. The number of benzene rings is 1. The van der Waals surface area contributed by atoms with E-state index in [2.05, 4.69) is 10.3 Å². The lowest BCUT2D eigenvalue weighted by Crippen LogP contribution is -2.20. The third-order valence-electron chi connectivity index (χ3n) is 2.62. The Kier molecular flexibility index (Phi) is 3.73. The molecule has 2 aromatic rings. The second-order valence-corrected chi connectivity index (χ2v) is 4.06. The van der Waals surface area contributed by atoms with Crippen molar-refractivity contribution in [1.82, 2.24) is 4.98 Å². The average molecular weight is 227 g/mol. The number of pyridine rings is 1. The summed E-state index contributed by atoms with van der Waals surface area (Å²) in [5, 5.41) is 3.25. The maximum atomic E-state index is 6.09. The molecule has 1 heterocycles. The quantitative estimate of drug-likeness (QED) is 0.843. The predicted octanol–water partition coefficient (Wildman–Crippen LogP) is 2.50. The van der Waals surface area contributed by atoms with E-state index >= 15 is 0 Å². The Bertz CT molecular complexity index is 468. The summed E-state index contributed by atoms with van der Waals surface area (Å²) in [6, 6.07) is 16.0. The maximum absolute atomic E-state index is 6.09. The largest absolute Gasteiger partial charge is 0.368 e. The molecule has 1 aromatic carbocycles. The molecule has 0 amide bonds. The second kappa shape index (κ2) is 5.46. The summed E-state index contributed by atoms with van der Waals surface area (Å²) < 4.78 is 0. The lowest BCUT2D eigenvalue weighted by atomic mass is 10.1. The van der Waals surface area contributed by atoms with E-state index in [0.29, 0.717) is 6.54 Å². The zero-order valence-corrected chi connectivity index (χ0v) is 9.93. The van der Waals surface area contributed by atoms with Crippen molar-refractivity contribution >= 4 is 5.82 Å². The van der Waals surface area contributed by atoms with Crippen LogP contribution in [0.5, 0.6) is 0 Å². The first-order valence-corrected chi connectivity index (χ1v) is 5.74. The molecule has 2 rings (SSSR count). The monoisotopic (exact) mass is 227 g/mol. The Hall–Kier alpha value is -1.87. The minimum absolute atomic E-state index is 0.0153. The van der Waals surface area contributed by atoms with Crippen molar-refractivity contribution in [3.63, 3.8) is 0 Å². The van der Waals surface area contributed by atoms with Crippen LogP contribution < -0.4 is 11.1 Å². The molecule has 17 heavy (non-hydrogen) atoms. The summed E-state index contributed by atoms with van der Waals surface area (Å²) >= 11 is 0. The first kappa shape index (κ1) is 11.6. The summed E-state index contributed by atoms with van der Waals surface area (Å²) in [5.74, 6) is 0.872. The van der Waals surface area contributed by atoms with Gasteiger partial charge in [-0.05, 0) is 24.6 Å². The average Bonchev–Trinajstić information content (AvgIpc) is 2.37. The molecule has 3 N–H and O–H groups in total. The van der Waals surface area contributed by atoms with Crippen molar-refractivity contribution in [3.8, 4) is 0 Å². The molecule has 1 atom stereocenters. The third-order valence-corrected chi connectivity index (χ3v) is 2.62.